The van der Waals surface area contributed by atoms with Gasteiger partial charge in [0, 0.05) is 0 Å². The molecule has 3 aromatic carbocycles. The van der Waals surface area contributed by atoms with Gasteiger partial charge in [-0.1, -0.05) is 91.0 Å². The summed E-state index contributed by atoms with van der Waals surface area (Å²) in [6, 6.07) is 25.2. The van der Waals surface area contributed by atoms with Gasteiger partial charge in [-0.25, -0.2) is 14.4 Å². The van der Waals surface area contributed by atoms with Crippen LogP contribution in [0.4, 0.5) is 9.59 Å². The van der Waals surface area contributed by atoms with E-state index in [-0.39, 0.29) is 19.8 Å². The number of carbonyl (C=O) groups excluding carboxylic acids is 3. The van der Waals surface area contributed by atoms with Crippen LogP contribution < -0.4 is 5.32 Å². The van der Waals surface area contributed by atoms with Crippen LogP contribution in [0.15, 0.2) is 96.3 Å². The van der Waals surface area contributed by atoms with Crippen LogP contribution in [0.2, 0.25) is 0 Å². The molecule has 0 saturated carbocycles. The maximum Gasteiger partial charge on any atom is 0.433 e. The Balaban J connectivity index is 1.62. The molecule has 0 heterocycles. The van der Waals surface area contributed by atoms with Crippen LogP contribution in [0.1, 0.15) is 16.7 Å². The van der Waals surface area contributed by atoms with Crippen LogP contribution in [0.5, 0.6) is 0 Å². The maximum absolute atomic E-state index is 12.8. The number of esters is 1. The number of nitrogens with one attached hydrogen (secondary N) is 1. The van der Waals surface area contributed by atoms with Gasteiger partial charge < -0.3 is 19.5 Å². The van der Waals surface area contributed by atoms with Gasteiger partial charge in [-0.05, 0) is 16.7 Å². The van der Waals surface area contributed by atoms with Crippen LogP contribution in [0.3, 0.4) is 0 Å². The molecular weight excluding hydrogens is 466 g/mol. The number of hydrogen-bond acceptors (Lipinski definition) is 8. The Morgan fingerprint density at radius 2 is 1.14 bits per heavy atom. The van der Waals surface area contributed by atoms with Crippen molar-refractivity contribution in [1.29, 1.82) is 0 Å². The summed E-state index contributed by atoms with van der Waals surface area (Å²) in [6.07, 6.45) is -2.03. The highest BCUT2D eigenvalue weighted by Gasteiger charge is 2.30. The molecule has 0 aromatic heterocycles. The second-order valence-corrected chi connectivity index (χ2v) is 7.56. The Bertz CT molecular complexity index is 1130. The highest BCUT2D eigenvalue weighted by Crippen LogP contribution is 2.08. The molecule has 10 heteroatoms. The van der Waals surface area contributed by atoms with Gasteiger partial charge in [-0.3, -0.25) is 0 Å². The molecule has 0 aliphatic carbocycles. The molecule has 186 valence electrons. The van der Waals surface area contributed by atoms with Crippen LogP contribution in [0, 0.1) is 4.91 Å². The number of ether oxygens (including phenoxy) is 3. The SMILES string of the molecule is O=NN(C[C@H](NC(=O)OCc1ccccc1)C(=O)OCc1ccccc1)C(=O)OCc1ccccc1. The average molecular weight is 492 g/mol. The predicted molar refractivity (Wildman–Crippen MR) is 129 cm³/mol. The van der Waals surface area contributed by atoms with Crippen molar-refractivity contribution >= 4 is 18.2 Å². The fourth-order valence-corrected chi connectivity index (χ4v) is 3.02. The van der Waals surface area contributed by atoms with Crippen LogP contribution in [-0.4, -0.2) is 35.8 Å². The molecule has 0 fully saturated rings. The molecule has 0 saturated heterocycles. The summed E-state index contributed by atoms with van der Waals surface area (Å²) in [5.74, 6) is -0.889. The average Bonchev–Trinajstić information content (AvgIpc) is 2.93. The fourth-order valence-electron chi connectivity index (χ4n) is 3.02. The van der Waals surface area contributed by atoms with E-state index in [0.717, 1.165) is 5.56 Å². The van der Waals surface area contributed by atoms with Gasteiger partial charge in [-0.2, -0.15) is 5.01 Å². The Morgan fingerprint density at radius 1 is 0.694 bits per heavy atom. The van der Waals surface area contributed by atoms with Crippen molar-refractivity contribution in [1.82, 2.24) is 10.3 Å². The molecule has 3 rings (SSSR count). The maximum atomic E-state index is 12.8. The Hall–Kier alpha value is -4.73. The first kappa shape index (κ1) is 25.9. The molecule has 10 nitrogen and oxygen atoms in total. The quantitative estimate of drug-likeness (QED) is 0.183. The topological polar surface area (TPSA) is 124 Å². The number of carbonyl (C=O) groups is 3. The summed E-state index contributed by atoms with van der Waals surface area (Å²) in [4.78, 5) is 48.9. The first-order valence-electron chi connectivity index (χ1n) is 11.0. The van der Waals surface area contributed by atoms with Crippen molar-refractivity contribution in [3.8, 4) is 0 Å². The zero-order valence-corrected chi connectivity index (χ0v) is 19.3. The van der Waals surface area contributed by atoms with E-state index in [4.69, 9.17) is 14.2 Å². The lowest BCUT2D eigenvalue weighted by molar-refractivity contribution is -0.147. The van der Waals surface area contributed by atoms with Gasteiger partial charge in [0.1, 0.15) is 25.9 Å². The minimum Gasteiger partial charge on any atom is -0.459 e. The predicted octanol–water partition coefficient (Wildman–Crippen LogP) is 4.35. The molecule has 0 radical (unpaired) electrons. The second-order valence-electron chi connectivity index (χ2n) is 7.56. The lowest BCUT2D eigenvalue weighted by Crippen LogP contribution is -2.49. The zero-order valence-electron chi connectivity index (χ0n) is 19.3. The third-order valence-corrected chi connectivity index (χ3v) is 4.88. The summed E-state index contributed by atoms with van der Waals surface area (Å²) in [6.45, 7) is -0.857. The van der Waals surface area contributed by atoms with Gasteiger partial charge in [0.15, 0.2) is 0 Å². The first-order valence-corrected chi connectivity index (χ1v) is 11.0. The highest BCUT2D eigenvalue weighted by molar-refractivity contribution is 5.82. The van der Waals surface area contributed by atoms with Crippen molar-refractivity contribution in [2.45, 2.75) is 25.9 Å². The third-order valence-electron chi connectivity index (χ3n) is 4.88. The number of nitrogens with zero attached hydrogens (tertiary/aromatic N) is 2. The fraction of sp³-hybridized carbons (Fsp3) is 0.192. The number of nitroso groups, excluding NO2 is 1. The van der Waals surface area contributed by atoms with Gasteiger partial charge in [0.2, 0.25) is 0 Å². The van der Waals surface area contributed by atoms with Gasteiger partial charge >= 0.3 is 18.2 Å². The standard InChI is InChI=1S/C26H25N3O7/c30-24(34-17-20-10-4-1-5-11-20)23(27-25(31)35-18-21-12-6-2-7-13-21)16-29(28-33)26(32)36-19-22-14-8-3-9-15-22/h1-15,23H,16-19H2,(H,27,31)/t23-/m0/s1. The van der Waals surface area contributed by atoms with E-state index in [1.165, 1.54) is 0 Å². The molecular formula is C26H25N3O7. The van der Waals surface area contributed by atoms with Gasteiger partial charge in [0.25, 0.3) is 0 Å². The number of benzene rings is 3. The van der Waals surface area contributed by atoms with Crippen molar-refractivity contribution in [3.05, 3.63) is 113 Å². The molecule has 0 aliphatic rings. The number of alkyl carbamates (subject to hydrolysis) is 1. The molecule has 0 aliphatic heterocycles. The molecule has 1 N–H and O–H groups in total. The number of hydrogen-bond donors (Lipinski definition) is 1. The summed E-state index contributed by atoms with van der Waals surface area (Å²) < 4.78 is 15.5. The third kappa shape index (κ3) is 8.56. The normalized spacial score (nSPS) is 11.0. The Kier molecular flexibility index (Phi) is 9.96. The minimum atomic E-state index is -1.45. The molecule has 2 amide bonds. The summed E-state index contributed by atoms with van der Waals surface area (Å²) >= 11 is 0. The Morgan fingerprint density at radius 3 is 1.61 bits per heavy atom. The van der Waals surface area contributed by atoms with E-state index in [1.807, 2.05) is 12.1 Å². The van der Waals surface area contributed by atoms with E-state index in [9.17, 15) is 19.3 Å². The van der Waals surface area contributed by atoms with E-state index in [2.05, 4.69) is 10.6 Å². The van der Waals surface area contributed by atoms with Crippen molar-refractivity contribution in [3.63, 3.8) is 0 Å². The Labute approximate surface area is 207 Å². The van der Waals surface area contributed by atoms with E-state index < -0.39 is 30.7 Å². The van der Waals surface area contributed by atoms with Gasteiger partial charge in [0.05, 0.1) is 11.8 Å². The van der Waals surface area contributed by atoms with E-state index in [0.29, 0.717) is 16.1 Å². The lowest BCUT2D eigenvalue weighted by atomic mass is 10.2. The van der Waals surface area contributed by atoms with Crippen molar-refractivity contribution in [2.75, 3.05) is 6.54 Å². The van der Waals surface area contributed by atoms with E-state index >= 15 is 0 Å². The molecule has 36 heavy (non-hydrogen) atoms. The molecule has 3 aromatic rings. The van der Waals surface area contributed by atoms with E-state index in [1.54, 1.807) is 78.9 Å². The summed E-state index contributed by atoms with van der Waals surface area (Å²) in [7, 11) is 0. The van der Waals surface area contributed by atoms with Crippen molar-refractivity contribution in [2.24, 2.45) is 5.29 Å². The van der Waals surface area contributed by atoms with Crippen molar-refractivity contribution < 1.29 is 28.6 Å². The first-order chi connectivity index (χ1) is 17.5. The summed E-state index contributed by atoms with van der Waals surface area (Å²) in [5, 5.41) is 5.38. The smallest absolute Gasteiger partial charge is 0.433 e. The molecule has 0 unspecified atom stereocenters. The zero-order chi connectivity index (χ0) is 25.6. The highest BCUT2D eigenvalue weighted by atomic mass is 16.6. The number of rotatable bonds is 11. The number of amides is 2. The largest absolute Gasteiger partial charge is 0.459 e. The summed E-state index contributed by atoms with van der Waals surface area (Å²) in [5.41, 5.74) is 2.14. The lowest BCUT2D eigenvalue weighted by Gasteiger charge is -2.21. The van der Waals surface area contributed by atoms with Gasteiger partial charge in [-0.15, -0.1) is 4.91 Å². The minimum absolute atomic E-state index is 0.0484. The molecule has 0 spiro atoms. The second kappa shape index (κ2) is 13.9. The molecule has 1 atom stereocenters. The van der Waals surface area contributed by atoms with Crippen LogP contribution in [-0.2, 0) is 38.8 Å². The van der Waals surface area contributed by atoms with Crippen LogP contribution >= 0.6 is 0 Å². The van der Waals surface area contributed by atoms with Crippen LogP contribution in [0.25, 0.3) is 0 Å². The monoisotopic (exact) mass is 491 g/mol. The molecule has 0 bridgehead atoms.